The molecule has 15 heavy (non-hydrogen) atoms. The third-order valence-electron chi connectivity index (χ3n) is 1.85. The zero-order valence-corrected chi connectivity index (χ0v) is 10.3. The molecule has 0 spiro atoms. The monoisotopic (exact) mass is 258 g/mol. The molecule has 2 nitrogen and oxygen atoms in total. The van der Waals surface area contributed by atoms with Crippen molar-refractivity contribution in [2.75, 3.05) is 0 Å². The largest absolute Gasteiger partial charge is 0.147 e. The van der Waals surface area contributed by atoms with Crippen LogP contribution in [0.2, 0.25) is 5.02 Å². The molecule has 0 fully saturated rings. The highest BCUT2D eigenvalue weighted by molar-refractivity contribution is 7.15. The maximum Gasteiger partial charge on any atom is 0.147 e. The van der Waals surface area contributed by atoms with Gasteiger partial charge in [0.15, 0.2) is 0 Å². The molecule has 0 bridgehead atoms. The van der Waals surface area contributed by atoms with Gasteiger partial charge in [0.1, 0.15) is 10.0 Å². The minimum atomic E-state index is -0.101. The topological polar surface area (TPSA) is 25.8 Å². The second-order valence-corrected chi connectivity index (χ2v) is 5.17. The zero-order valence-electron chi connectivity index (χ0n) is 7.95. The van der Waals surface area contributed by atoms with Crippen LogP contribution < -0.4 is 0 Å². The summed E-state index contributed by atoms with van der Waals surface area (Å²) in [5, 5.41) is 10.4. The average Bonchev–Trinajstić information content (AvgIpc) is 2.66. The first kappa shape index (κ1) is 10.9. The van der Waals surface area contributed by atoms with Crippen LogP contribution in [0.15, 0.2) is 24.3 Å². The summed E-state index contributed by atoms with van der Waals surface area (Å²) >= 11 is 13.3. The van der Waals surface area contributed by atoms with Crippen LogP contribution in [0, 0.1) is 0 Å². The van der Waals surface area contributed by atoms with E-state index in [0.29, 0.717) is 5.02 Å². The fraction of sp³-hybridized carbons (Fsp3) is 0.200. The standard InChI is InChI=1S/C10H8Cl2N2S/c1-6(11)9-13-14-10(15-9)7-3-2-4-8(12)5-7/h2-6H,1H3. The molecule has 1 aromatic heterocycles. The summed E-state index contributed by atoms with van der Waals surface area (Å²) in [6.45, 7) is 1.88. The predicted molar refractivity (Wildman–Crippen MR) is 64.6 cm³/mol. The van der Waals surface area contributed by atoms with Gasteiger partial charge in [-0.05, 0) is 19.1 Å². The Balaban J connectivity index is 2.37. The SMILES string of the molecule is CC(Cl)c1nnc(-c2cccc(Cl)c2)s1. The smallest absolute Gasteiger partial charge is 0.142 e. The summed E-state index contributed by atoms with van der Waals surface area (Å²) in [6.07, 6.45) is 0. The Morgan fingerprint density at radius 2 is 2.13 bits per heavy atom. The van der Waals surface area contributed by atoms with Gasteiger partial charge in [0.2, 0.25) is 0 Å². The minimum Gasteiger partial charge on any atom is -0.142 e. The number of rotatable bonds is 2. The Labute approximate surface area is 102 Å². The van der Waals surface area contributed by atoms with Crippen LogP contribution in [0.5, 0.6) is 0 Å². The van der Waals surface area contributed by atoms with Crippen LogP contribution in [-0.4, -0.2) is 10.2 Å². The molecule has 1 unspecified atom stereocenters. The number of alkyl halides is 1. The summed E-state index contributed by atoms with van der Waals surface area (Å²) < 4.78 is 0. The normalized spacial score (nSPS) is 12.7. The second kappa shape index (κ2) is 4.47. The summed E-state index contributed by atoms with van der Waals surface area (Å²) in [6, 6.07) is 7.54. The van der Waals surface area contributed by atoms with Crippen LogP contribution in [0.4, 0.5) is 0 Å². The molecule has 1 atom stereocenters. The van der Waals surface area contributed by atoms with Gasteiger partial charge in [-0.25, -0.2) is 0 Å². The summed E-state index contributed by atoms with van der Waals surface area (Å²) in [7, 11) is 0. The van der Waals surface area contributed by atoms with Crippen molar-refractivity contribution in [3.8, 4) is 10.6 Å². The first-order chi connectivity index (χ1) is 7.16. The van der Waals surface area contributed by atoms with Crippen LogP contribution in [-0.2, 0) is 0 Å². The second-order valence-electron chi connectivity index (χ2n) is 3.07. The maximum atomic E-state index is 5.92. The molecule has 0 amide bonds. The van der Waals surface area contributed by atoms with Crippen molar-refractivity contribution in [1.82, 2.24) is 10.2 Å². The van der Waals surface area contributed by atoms with E-state index in [9.17, 15) is 0 Å². The summed E-state index contributed by atoms with van der Waals surface area (Å²) in [5.41, 5.74) is 0.976. The number of nitrogens with zero attached hydrogens (tertiary/aromatic N) is 2. The lowest BCUT2D eigenvalue weighted by molar-refractivity contribution is 0.962. The van der Waals surface area contributed by atoms with Gasteiger partial charge in [0.05, 0.1) is 5.38 Å². The molecule has 0 aliphatic carbocycles. The highest BCUT2D eigenvalue weighted by Crippen LogP contribution is 2.30. The van der Waals surface area contributed by atoms with E-state index in [0.717, 1.165) is 15.6 Å². The van der Waals surface area contributed by atoms with Gasteiger partial charge in [-0.2, -0.15) is 0 Å². The van der Waals surface area contributed by atoms with E-state index in [1.807, 2.05) is 31.2 Å². The Kier molecular flexibility index (Phi) is 3.24. The van der Waals surface area contributed by atoms with E-state index in [1.54, 1.807) is 0 Å². The molecule has 0 aliphatic rings. The quantitative estimate of drug-likeness (QED) is 0.757. The highest BCUT2D eigenvalue weighted by atomic mass is 35.5. The number of hydrogen-bond acceptors (Lipinski definition) is 3. The zero-order chi connectivity index (χ0) is 10.8. The van der Waals surface area contributed by atoms with Gasteiger partial charge >= 0.3 is 0 Å². The first-order valence-corrected chi connectivity index (χ1v) is 6.03. The Bertz CT molecular complexity index is 468. The molecule has 1 aromatic carbocycles. The lowest BCUT2D eigenvalue weighted by Gasteiger charge is -1.95. The lowest BCUT2D eigenvalue weighted by Crippen LogP contribution is -1.80. The predicted octanol–water partition coefficient (Wildman–Crippen LogP) is 4.16. The molecular formula is C10H8Cl2N2S. The van der Waals surface area contributed by atoms with Gasteiger partial charge in [0.25, 0.3) is 0 Å². The van der Waals surface area contributed by atoms with Gasteiger partial charge in [-0.3, -0.25) is 0 Å². The van der Waals surface area contributed by atoms with Crippen LogP contribution in [0.1, 0.15) is 17.3 Å². The summed E-state index contributed by atoms with van der Waals surface area (Å²) in [4.78, 5) is 0. The Morgan fingerprint density at radius 3 is 2.73 bits per heavy atom. The van der Waals surface area contributed by atoms with Crippen molar-refractivity contribution in [1.29, 1.82) is 0 Å². The van der Waals surface area contributed by atoms with Crippen LogP contribution in [0.25, 0.3) is 10.6 Å². The summed E-state index contributed by atoms with van der Waals surface area (Å²) in [5.74, 6) is 0. The molecule has 0 aliphatic heterocycles. The average molecular weight is 259 g/mol. The van der Waals surface area contributed by atoms with E-state index in [2.05, 4.69) is 10.2 Å². The van der Waals surface area contributed by atoms with E-state index < -0.39 is 0 Å². The van der Waals surface area contributed by atoms with Crippen molar-refractivity contribution in [2.45, 2.75) is 12.3 Å². The van der Waals surface area contributed by atoms with Crippen molar-refractivity contribution < 1.29 is 0 Å². The third-order valence-corrected chi connectivity index (χ3v) is 3.58. The molecule has 5 heteroatoms. The molecule has 0 saturated heterocycles. The van der Waals surface area contributed by atoms with Gasteiger partial charge < -0.3 is 0 Å². The number of aromatic nitrogens is 2. The fourth-order valence-electron chi connectivity index (χ4n) is 1.13. The lowest BCUT2D eigenvalue weighted by atomic mass is 10.2. The molecule has 0 radical (unpaired) electrons. The third kappa shape index (κ3) is 2.48. The van der Waals surface area contributed by atoms with Gasteiger partial charge in [-0.15, -0.1) is 21.8 Å². The molecular weight excluding hydrogens is 251 g/mol. The molecule has 78 valence electrons. The number of halogens is 2. The van der Waals surface area contributed by atoms with E-state index >= 15 is 0 Å². The minimum absolute atomic E-state index is 0.101. The molecule has 2 rings (SSSR count). The van der Waals surface area contributed by atoms with E-state index in [-0.39, 0.29) is 5.38 Å². The Morgan fingerprint density at radius 1 is 1.33 bits per heavy atom. The maximum absolute atomic E-state index is 5.92. The number of benzene rings is 1. The molecule has 1 heterocycles. The van der Waals surface area contributed by atoms with E-state index in [1.165, 1.54) is 11.3 Å². The first-order valence-electron chi connectivity index (χ1n) is 4.40. The highest BCUT2D eigenvalue weighted by Gasteiger charge is 2.10. The van der Waals surface area contributed by atoms with Crippen molar-refractivity contribution in [3.63, 3.8) is 0 Å². The van der Waals surface area contributed by atoms with E-state index in [4.69, 9.17) is 23.2 Å². The molecule has 0 N–H and O–H groups in total. The number of hydrogen-bond donors (Lipinski definition) is 0. The molecule has 0 saturated carbocycles. The van der Waals surface area contributed by atoms with Crippen molar-refractivity contribution in [2.24, 2.45) is 0 Å². The van der Waals surface area contributed by atoms with Gasteiger partial charge in [-0.1, -0.05) is 35.1 Å². The van der Waals surface area contributed by atoms with Crippen molar-refractivity contribution in [3.05, 3.63) is 34.3 Å². The molecule has 2 aromatic rings. The van der Waals surface area contributed by atoms with Gasteiger partial charge in [0, 0.05) is 10.6 Å². The fourth-order valence-corrected chi connectivity index (χ4v) is 2.27. The Hall–Kier alpha value is -0.640. The van der Waals surface area contributed by atoms with Crippen molar-refractivity contribution >= 4 is 34.5 Å². The van der Waals surface area contributed by atoms with Crippen LogP contribution >= 0.6 is 34.5 Å². The van der Waals surface area contributed by atoms with Crippen LogP contribution in [0.3, 0.4) is 0 Å².